The minimum atomic E-state index is -0.438. The molecule has 164 valence electrons. The highest BCUT2D eigenvalue weighted by Gasteiger charge is 2.18. The van der Waals surface area contributed by atoms with E-state index in [1.165, 1.54) is 0 Å². The number of rotatable bonds is 6. The van der Waals surface area contributed by atoms with Crippen molar-refractivity contribution in [2.45, 2.75) is 39.8 Å². The first-order chi connectivity index (χ1) is 14.8. The normalized spacial score (nSPS) is 15.1. The number of carbonyl (C=O) groups is 1. The van der Waals surface area contributed by atoms with E-state index in [0.29, 0.717) is 31.9 Å². The Balaban J connectivity index is 1.77. The van der Waals surface area contributed by atoms with Crippen LogP contribution >= 0.6 is 0 Å². The van der Waals surface area contributed by atoms with Gasteiger partial charge in [0.25, 0.3) is 5.56 Å². The highest BCUT2D eigenvalue weighted by Crippen LogP contribution is 2.27. The number of carbonyl (C=O) groups excluding carboxylic acids is 1. The topological polar surface area (TPSA) is 93.3 Å². The average molecular weight is 423 g/mol. The van der Waals surface area contributed by atoms with Crippen LogP contribution in [0.2, 0.25) is 0 Å². The number of ether oxygens (including phenoxy) is 1. The molecule has 0 atom stereocenters. The van der Waals surface area contributed by atoms with Gasteiger partial charge in [-0.1, -0.05) is 13.8 Å². The molecular weight excluding hydrogens is 392 g/mol. The molecule has 7 nitrogen and oxygen atoms in total. The van der Waals surface area contributed by atoms with E-state index in [1.54, 1.807) is 0 Å². The van der Waals surface area contributed by atoms with E-state index < -0.39 is 5.91 Å². The molecule has 0 unspecified atom stereocenters. The van der Waals surface area contributed by atoms with Crippen LogP contribution in [0.1, 0.15) is 52.5 Å². The Hall–Kier alpha value is -2.90. The van der Waals surface area contributed by atoms with Gasteiger partial charge < -0.3 is 20.0 Å². The van der Waals surface area contributed by atoms with Gasteiger partial charge in [-0.05, 0) is 48.2 Å². The summed E-state index contributed by atoms with van der Waals surface area (Å²) < 4.78 is 7.50. The van der Waals surface area contributed by atoms with Crippen molar-refractivity contribution in [1.82, 2.24) is 14.5 Å². The predicted molar refractivity (Wildman–Crippen MR) is 122 cm³/mol. The fourth-order valence-corrected chi connectivity index (χ4v) is 4.26. The van der Waals surface area contributed by atoms with Gasteiger partial charge in [0.05, 0.1) is 19.8 Å². The molecule has 1 aliphatic rings. The number of pyridine rings is 1. The standard InChI is InChI=1S/C24H30N4O3/c1-15(2)17-11-20(23(25)29)19-4-5-28(22(19)12-17)14-21-18(10-16(3)26-24(21)30)13-27-6-8-31-9-7-27/h4-5,10-12,15H,6-9,13-14H2,1-3H3,(H2,25,29)(H,26,30). The van der Waals surface area contributed by atoms with E-state index in [-0.39, 0.29) is 11.5 Å². The molecule has 1 aliphatic heterocycles. The maximum atomic E-state index is 12.9. The number of benzene rings is 1. The number of H-pyrrole nitrogens is 1. The minimum Gasteiger partial charge on any atom is -0.379 e. The van der Waals surface area contributed by atoms with Crippen LogP contribution < -0.4 is 11.3 Å². The summed E-state index contributed by atoms with van der Waals surface area (Å²) in [6.07, 6.45) is 1.93. The number of fused-ring (bicyclic) bond motifs is 1. The van der Waals surface area contributed by atoms with Gasteiger partial charge in [-0.25, -0.2) is 0 Å². The number of hydrogen-bond acceptors (Lipinski definition) is 4. The van der Waals surface area contributed by atoms with Crippen LogP contribution in [0.4, 0.5) is 0 Å². The lowest BCUT2D eigenvalue weighted by atomic mass is 9.98. The van der Waals surface area contributed by atoms with Gasteiger partial charge in [0, 0.05) is 53.6 Å². The zero-order valence-corrected chi connectivity index (χ0v) is 18.4. The average Bonchev–Trinajstić information content (AvgIpc) is 3.13. The number of aromatic nitrogens is 2. The van der Waals surface area contributed by atoms with Gasteiger partial charge in [0.15, 0.2) is 0 Å². The monoisotopic (exact) mass is 422 g/mol. The van der Waals surface area contributed by atoms with E-state index in [2.05, 4.69) is 35.9 Å². The summed E-state index contributed by atoms with van der Waals surface area (Å²) in [4.78, 5) is 30.3. The van der Waals surface area contributed by atoms with E-state index in [0.717, 1.165) is 46.4 Å². The first-order valence-corrected chi connectivity index (χ1v) is 10.8. The molecule has 0 spiro atoms. The van der Waals surface area contributed by atoms with Gasteiger partial charge in [-0.2, -0.15) is 0 Å². The molecule has 0 aliphatic carbocycles. The molecule has 0 bridgehead atoms. The molecular formula is C24H30N4O3. The quantitative estimate of drug-likeness (QED) is 0.639. The molecule has 1 saturated heterocycles. The van der Waals surface area contributed by atoms with Crippen molar-refractivity contribution >= 4 is 16.8 Å². The van der Waals surface area contributed by atoms with Crippen LogP contribution in [0.3, 0.4) is 0 Å². The first-order valence-electron chi connectivity index (χ1n) is 10.8. The third kappa shape index (κ3) is 4.43. The number of aryl methyl sites for hydroxylation is 1. The van der Waals surface area contributed by atoms with Crippen LogP contribution in [0.15, 0.2) is 35.3 Å². The van der Waals surface area contributed by atoms with Crippen molar-refractivity contribution in [3.8, 4) is 0 Å². The van der Waals surface area contributed by atoms with Gasteiger partial charge in [-0.3, -0.25) is 14.5 Å². The van der Waals surface area contributed by atoms with Gasteiger partial charge >= 0.3 is 0 Å². The second-order valence-corrected chi connectivity index (χ2v) is 8.64. The Bertz CT molecular complexity index is 1170. The Morgan fingerprint density at radius 1 is 1.19 bits per heavy atom. The maximum absolute atomic E-state index is 12.9. The number of hydrogen-bond donors (Lipinski definition) is 2. The summed E-state index contributed by atoms with van der Waals surface area (Å²) in [7, 11) is 0. The Morgan fingerprint density at radius 3 is 2.61 bits per heavy atom. The SMILES string of the molecule is Cc1cc(CN2CCOCC2)c(Cn2ccc3c(C(N)=O)cc(C(C)C)cc32)c(=O)[nH]1. The number of nitrogens with one attached hydrogen (secondary N) is 1. The van der Waals surface area contributed by atoms with E-state index in [1.807, 2.05) is 29.8 Å². The van der Waals surface area contributed by atoms with Crippen LogP contribution in [0, 0.1) is 6.92 Å². The zero-order chi connectivity index (χ0) is 22.1. The van der Waals surface area contributed by atoms with Gasteiger partial charge in [0.1, 0.15) is 0 Å². The van der Waals surface area contributed by atoms with Crippen LogP contribution in [-0.4, -0.2) is 46.7 Å². The molecule has 4 rings (SSSR count). The molecule has 0 radical (unpaired) electrons. The number of aromatic amines is 1. The Morgan fingerprint density at radius 2 is 1.94 bits per heavy atom. The van der Waals surface area contributed by atoms with Crippen molar-refractivity contribution in [2.24, 2.45) is 5.73 Å². The first kappa shape index (κ1) is 21.3. The highest BCUT2D eigenvalue weighted by molar-refractivity contribution is 6.06. The smallest absolute Gasteiger partial charge is 0.253 e. The van der Waals surface area contributed by atoms with E-state index in [9.17, 15) is 9.59 Å². The van der Waals surface area contributed by atoms with Crippen LogP contribution in [0.25, 0.3) is 10.9 Å². The number of primary amides is 1. The lowest BCUT2D eigenvalue weighted by Crippen LogP contribution is -2.36. The maximum Gasteiger partial charge on any atom is 0.253 e. The van der Waals surface area contributed by atoms with E-state index in [4.69, 9.17) is 10.5 Å². The third-order valence-corrected chi connectivity index (χ3v) is 6.03. The van der Waals surface area contributed by atoms with Crippen molar-refractivity contribution in [2.75, 3.05) is 26.3 Å². The largest absolute Gasteiger partial charge is 0.379 e. The number of morpholine rings is 1. The molecule has 31 heavy (non-hydrogen) atoms. The highest BCUT2D eigenvalue weighted by atomic mass is 16.5. The summed E-state index contributed by atoms with van der Waals surface area (Å²) in [6, 6.07) is 7.94. The molecule has 0 saturated carbocycles. The predicted octanol–water partition coefficient (Wildman–Crippen LogP) is 2.74. The van der Waals surface area contributed by atoms with Gasteiger partial charge in [-0.15, -0.1) is 0 Å². The zero-order valence-electron chi connectivity index (χ0n) is 18.4. The lowest BCUT2D eigenvalue weighted by Gasteiger charge is -2.27. The second kappa shape index (κ2) is 8.69. The molecule has 3 aromatic rings. The summed E-state index contributed by atoms with van der Waals surface area (Å²) in [5, 5.41) is 0.815. The fourth-order valence-electron chi connectivity index (χ4n) is 4.26. The summed E-state index contributed by atoms with van der Waals surface area (Å²) >= 11 is 0. The minimum absolute atomic E-state index is 0.0692. The molecule has 1 fully saturated rings. The lowest BCUT2D eigenvalue weighted by molar-refractivity contribution is 0.0340. The number of nitrogens with zero attached hydrogens (tertiary/aromatic N) is 2. The molecule has 7 heteroatoms. The van der Waals surface area contributed by atoms with Gasteiger partial charge in [0.2, 0.25) is 5.91 Å². The second-order valence-electron chi connectivity index (χ2n) is 8.64. The molecule has 1 amide bonds. The number of nitrogens with two attached hydrogens (primary N) is 1. The Kier molecular flexibility index (Phi) is 5.98. The van der Waals surface area contributed by atoms with Crippen molar-refractivity contribution < 1.29 is 9.53 Å². The van der Waals surface area contributed by atoms with Crippen molar-refractivity contribution in [3.05, 3.63) is 68.8 Å². The Labute approximate surface area is 181 Å². The fraction of sp³-hybridized carbons (Fsp3) is 0.417. The summed E-state index contributed by atoms with van der Waals surface area (Å²) in [5.74, 6) is -0.183. The number of amides is 1. The van der Waals surface area contributed by atoms with E-state index >= 15 is 0 Å². The summed E-state index contributed by atoms with van der Waals surface area (Å²) in [5.41, 5.74) is 10.7. The van der Waals surface area contributed by atoms with Crippen molar-refractivity contribution in [1.29, 1.82) is 0 Å². The molecule has 3 heterocycles. The molecule has 2 aromatic heterocycles. The van der Waals surface area contributed by atoms with Crippen LogP contribution in [-0.2, 0) is 17.8 Å². The van der Waals surface area contributed by atoms with Crippen molar-refractivity contribution in [3.63, 3.8) is 0 Å². The van der Waals surface area contributed by atoms with Crippen LogP contribution in [0.5, 0.6) is 0 Å². The molecule has 1 aromatic carbocycles. The molecule has 3 N–H and O–H groups in total. The third-order valence-electron chi connectivity index (χ3n) is 6.03. The summed E-state index contributed by atoms with van der Waals surface area (Å²) in [6.45, 7) is 10.4.